The van der Waals surface area contributed by atoms with E-state index in [1.165, 1.54) is 45.7 Å². The smallest absolute Gasteiger partial charge is 0.164 e. The summed E-state index contributed by atoms with van der Waals surface area (Å²) in [4.78, 5) is 20.7. The minimum Gasteiger partial charge on any atom is -0.247 e. The van der Waals surface area contributed by atoms with Crippen molar-refractivity contribution in [2.45, 2.75) is 0 Å². The summed E-state index contributed by atoms with van der Waals surface area (Å²) in [5.41, 5.74) is 8.03. The molecule has 0 aliphatic heterocycles. The fraction of sp³-hybridized carbons (Fsp3) is 0. The van der Waals surface area contributed by atoms with Gasteiger partial charge in [0.1, 0.15) is 0 Å². The normalized spacial score (nSPS) is 11.8. The number of fused-ring (bicyclic) bond motifs is 10. The standard InChI is InChI=1S/C52H30N4S2/c1-3-12-31(13-4-1)49-41-26-27-45-48(40-19-8-10-21-44(40)57-45)47(41)39-25-22-34(29-42(39)53-49)33-16-11-17-35(28-33)51-54-50(32-14-5-2-6-15-32)55-52(56-51)36-23-24-38-37-18-7-9-20-43(37)58-46(38)30-36/h1-30H. The van der Waals surface area contributed by atoms with Gasteiger partial charge in [0.15, 0.2) is 17.5 Å². The van der Waals surface area contributed by atoms with Crippen molar-refractivity contribution in [3.8, 4) is 56.5 Å². The lowest BCUT2D eigenvalue weighted by Gasteiger charge is -2.13. The zero-order chi connectivity index (χ0) is 38.2. The van der Waals surface area contributed by atoms with Gasteiger partial charge in [0.25, 0.3) is 0 Å². The van der Waals surface area contributed by atoms with Crippen molar-refractivity contribution in [1.82, 2.24) is 19.9 Å². The van der Waals surface area contributed by atoms with Gasteiger partial charge in [-0.15, -0.1) is 22.7 Å². The molecule has 12 aromatic rings. The maximum absolute atomic E-state index is 5.41. The average molecular weight is 775 g/mol. The Morgan fingerprint density at radius 3 is 1.60 bits per heavy atom. The van der Waals surface area contributed by atoms with Gasteiger partial charge in [0, 0.05) is 78.8 Å². The molecule has 0 amide bonds. The summed E-state index contributed by atoms with van der Waals surface area (Å²) in [5.74, 6) is 1.92. The highest BCUT2D eigenvalue weighted by molar-refractivity contribution is 7.26. The summed E-state index contributed by atoms with van der Waals surface area (Å²) in [6.45, 7) is 0. The van der Waals surface area contributed by atoms with Crippen LogP contribution in [0, 0.1) is 0 Å². The third kappa shape index (κ3) is 5.41. The maximum atomic E-state index is 5.41. The first-order valence-corrected chi connectivity index (χ1v) is 20.9. The van der Waals surface area contributed by atoms with E-state index in [-0.39, 0.29) is 0 Å². The zero-order valence-corrected chi connectivity index (χ0v) is 32.6. The van der Waals surface area contributed by atoms with E-state index in [1.807, 2.05) is 29.5 Å². The monoisotopic (exact) mass is 774 g/mol. The van der Waals surface area contributed by atoms with Gasteiger partial charge in [0.05, 0.1) is 11.2 Å². The Bertz CT molecular complexity index is 3570. The Morgan fingerprint density at radius 1 is 0.276 bits per heavy atom. The Morgan fingerprint density at radius 2 is 0.810 bits per heavy atom. The summed E-state index contributed by atoms with van der Waals surface area (Å²) >= 11 is 3.65. The molecule has 0 bridgehead atoms. The van der Waals surface area contributed by atoms with Crippen molar-refractivity contribution < 1.29 is 0 Å². The summed E-state index contributed by atoms with van der Waals surface area (Å²) < 4.78 is 5.06. The van der Waals surface area contributed by atoms with Crippen LogP contribution in [0.5, 0.6) is 0 Å². The molecule has 8 aromatic carbocycles. The van der Waals surface area contributed by atoms with Gasteiger partial charge in [-0.1, -0.05) is 146 Å². The number of thiophene rings is 2. The van der Waals surface area contributed by atoms with Crippen LogP contribution in [0.3, 0.4) is 0 Å². The third-order valence-corrected chi connectivity index (χ3v) is 13.4. The highest BCUT2D eigenvalue weighted by atomic mass is 32.1. The minimum absolute atomic E-state index is 0.630. The second-order valence-corrected chi connectivity index (χ2v) is 16.7. The topological polar surface area (TPSA) is 51.6 Å². The maximum Gasteiger partial charge on any atom is 0.164 e. The van der Waals surface area contributed by atoms with E-state index >= 15 is 0 Å². The quantitative estimate of drug-likeness (QED) is 0.163. The second kappa shape index (κ2) is 13.2. The first-order valence-electron chi connectivity index (χ1n) is 19.3. The lowest BCUT2D eigenvalue weighted by molar-refractivity contribution is 1.07. The molecule has 0 atom stereocenters. The van der Waals surface area contributed by atoms with Crippen molar-refractivity contribution in [2.24, 2.45) is 0 Å². The number of rotatable bonds is 5. The molecule has 58 heavy (non-hydrogen) atoms. The van der Waals surface area contributed by atoms with E-state index < -0.39 is 0 Å². The number of hydrogen-bond donors (Lipinski definition) is 0. The van der Waals surface area contributed by atoms with Crippen LogP contribution in [0.15, 0.2) is 182 Å². The van der Waals surface area contributed by atoms with Gasteiger partial charge in [-0.25, -0.2) is 19.9 Å². The SMILES string of the molecule is c1ccc(-c2nc(-c3cccc(-c4ccc5c(c4)nc(-c4ccccc4)c4ccc6sc7ccccc7c6c45)c3)nc(-c3ccc4c(c3)sc3ccccc34)n2)cc1. The van der Waals surface area contributed by atoms with E-state index in [9.17, 15) is 0 Å². The van der Waals surface area contributed by atoms with E-state index in [1.54, 1.807) is 11.3 Å². The molecule has 0 N–H and O–H groups in total. The van der Waals surface area contributed by atoms with Crippen LogP contribution in [0.2, 0.25) is 0 Å². The molecule has 4 nitrogen and oxygen atoms in total. The number of pyridine rings is 1. The lowest BCUT2D eigenvalue weighted by Crippen LogP contribution is -2.00. The second-order valence-electron chi connectivity index (χ2n) is 14.6. The van der Waals surface area contributed by atoms with Crippen LogP contribution in [0.1, 0.15) is 0 Å². The van der Waals surface area contributed by atoms with Gasteiger partial charge >= 0.3 is 0 Å². The summed E-state index contributed by atoms with van der Waals surface area (Å²) in [7, 11) is 0. The molecule has 4 heterocycles. The molecule has 270 valence electrons. The Kier molecular flexibility index (Phi) is 7.55. The zero-order valence-electron chi connectivity index (χ0n) is 30.9. The largest absolute Gasteiger partial charge is 0.247 e. The minimum atomic E-state index is 0.630. The summed E-state index contributed by atoms with van der Waals surface area (Å²) in [5, 5.41) is 8.66. The summed E-state index contributed by atoms with van der Waals surface area (Å²) in [6.07, 6.45) is 0. The highest BCUT2D eigenvalue weighted by Gasteiger charge is 2.18. The number of aromatic nitrogens is 4. The van der Waals surface area contributed by atoms with E-state index in [4.69, 9.17) is 19.9 Å². The fourth-order valence-corrected chi connectivity index (χ4v) is 10.6. The van der Waals surface area contributed by atoms with Crippen LogP contribution in [-0.4, -0.2) is 19.9 Å². The first-order chi connectivity index (χ1) is 28.7. The van der Waals surface area contributed by atoms with Gasteiger partial charge in [-0.2, -0.15) is 0 Å². The molecule has 0 radical (unpaired) electrons. The van der Waals surface area contributed by atoms with Crippen LogP contribution in [0.25, 0.3) is 119 Å². The van der Waals surface area contributed by atoms with Gasteiger partial charge < -0.3 is 0 Å². The molecule has 0 unspecified atom stereocenters. The van der Waals surface area contributed by atoms with Crippen LogP contribution < -0.4 is 0 Å². The van der Waals surface area contributed by atoms with Crippen molar-refractivity contribution in [3.05, 3.63) is 182 Å². The average Bonchev–Trinajstić information content (AvgIpc) is 3.87. The van der Waals surface area contributed by atoms with Crippen molar-refractivity contribution >= 4 is 84.7 Å². The first kappa shape index (κ1) is 33.1. The molecule has 0 saturated carbocycles. The van der Waals surface area contributed by atoms with Crippen LogP contribution in [0.4, 0.5) is 0 Å². The van der Waals surface area contributed by atoms with E-state index in [0.29, 0.717) is 17.5 Å². The molecule has 0 saturated heterocycles. The molecule has 0 fully saturated rings. The number of benzene rings is 8. The van der Waals surface area contributed by atoms with Gasteiger partial charge in [-0.3, -0.25) is 0 Å². The van der Waals surface area contributed by atoms with Crippen LogP contribution >= 0.6 is 22.7 Å². The Labute approximate surface area is 341 Å². The predicted octanol–water partition coefficient (Wildman–Crippen LogP) is 14.6. The van der Waals surface area contributed by atoms with E-state index in [2.05, 4.69) is 164 Å². The highest BCUT2D eigenvalue weighted by Crippen LogP contribution is 2.44. The molecule has 0 aliphatic carbocycles. The van der Waals surface area contributed by atoms with Crippen LogP contribution in [-0.2, 0) is 0 Å². The summed E-state index contributed by atoms with van der Waals surface area (Å²) in [6, 6.07) is 64.3. The van der Waals surface area contributed by atoms with E-state index in [0.717, 1.165) is 55.4 Å². The Hall–Kier alpha value is -7.12. The molecule has 0 aliphatic rings. The fourth-order valence-electron chi connectivity index (χ4n) is 8.36. The van der Waals surface area contributed by atoms with Crippen molar-refractivity contribution in [3.63, 3.8) is 0 Å². The predicted molar refractivity (Wildman–Crippen MR) is 246 cm³/mol. The molecule has 0 spiro atoms. The molecule has 12 rings (SSSR count). The van der Waals surface area contributed by atoms with Gasteiger partial charge in [-0.05, 0) is 47.5 Å². The third-order valence-electron chi connectivity index (χ3n) is 11.1. The van der Waals surface area contributed by atoms with Crippen molar-refractivity contribution in [2.75, 3.05) is 0 Å². The molecule has 6 heteroatoms. The Balaban J connectivity index is 1.02. The number of nitrogens with zero attached hydrogens (tertiary/aromatic N) is 4. The van der Waals surface area contributed by atoms with Gasteiger partial charge in [0.2, 0.25) is 0 Å². The lowest BCUT2D eigenvalue weighted by atomic mass is 9.94. The number of hydrogen-bond acceptors (Lipinski definition) is 6. The molecular formula is C52H30N4S2. The molecular weight excluding hydrogens is 745 g/mol. The van der Waals surface area contributed by atoms with Crippen molar-refractivity contribution in [1.29, 1.82) is 0 Å². The molecule has 4 aromatic heterocycles.